The highest BCUT2D eigenvalue weighted by molar-refractivity contribution is 7.10. The number of thiophene rings is 1. The number of nitrogens with zero attached hydrogens (tertiary/aromatic N) is 1. The van der Waals surface area contributed by atoms with E-state index in [4.69, 9.17) is 5.11 Å². The van der Waals surface area contributed by atoms with Crippen molar-refractivity contribution in [1.29, 1.82) is 0 Å². The van der Waals surface area contributed by atoms with E-state index < -0.39 is 5.97 Å². The van der Waals surface area contributed by atoms with Gasteiger partial charge >= 0.3 is 5.97 Å². The lowest BCUT2D eigenvalue weighted by Gasteiger charge is -2.20. The third-order valence-corrected chi connectivity index (χ3v) is 4.79. The molecule has 4 nitrogen and oxygen atoms in total. The molecule has 2 atom stereocenters. The zero-order valence-electron chi connectivity index (χ0n) is 11.3. The zero-order valence-corrected chi connectivity index (χ0v) is 12.1. The SMILES string of the molecule is CCN(CCC(=O)O)C(=O)[C@H]1C[C@@H]1c1sccc1C. The predicted octanol–water partition coefficient (Wildman–Crippen LogP) is 2.48. The van der Waals surface area contributed by atoms with Gasteiger partial charge < -0.3 is 10.0 Å². The molecule has 1 aliphatic rings. The maximum atomic E-state index is 12.3. The monoisotopic (exact) mass is 281 g/mol. The van der Waals surface area contributed by atoms with E-state index in [0.29, 0.717) is 19.0 Å². The minimum absolute atomic E-state index is 0.0228. The second kappa shape index (κ2) is 5.74. The average molecular weight is 281 g/mol. The highest BCUT2D eigenvalue weighted by Crippen LogP contribution is 2.51. The molecule has 1 aromatic rings. The van der Waals surface area contributed by atoms with Gasteiger partial charge in [0.15, 0.2) is 0 Å². The minimum atomic E-state index is -0.854. The number of aliphatic carboxylic acids is 1. The predicted molar refractivity (Wildman–Crippen MR) is 74.4 cm³/mol. The van der Waals surface area contributed by atoms with Crippen LogP contribution in [0.1, 0.15) is 36.1 Å². The van der Waals surface area contributed by atoms with Crippen molar-refractivity contribution in [2.45, 2.75) is 32.6 Å². The van der Waals surface area contributed by atoms with Crippen LogP contribution in [-0.2, 0) is 9.59 Å². The first-order valence-electron chi connectivity index (χ1n) is 6.59. The van der Waals surface area contributed by atoms with E-state index in [1.54, 1.807) is 16.2 Å². The van der Waals surface area contributed by atoms with Crippen molar-refractivity contribution in [3.63, 3.8) is 0 Å². The second-order valence-corrected chi connectivity index (χ2v) is 5.93. The molecule has 0 bridgehead atoms. The molecule has 0 aromatic carbocycles. The van der Waals surface area contributed by atoms with Gasteiger partial charge in [-0.1, -0.05) is 0 Å². The number of carbonyl (C=O) groups is 2. The maximum Gasteiger partial charge on any atom is 0.305 e. The van der Waals surface area contributed by atoms with Crippen LogP contribution in [0.15, 0.2) is 11.4 Å². The minimum Gasteiger partial charge on any atom is -0.481 e. The van der Waals surface area contributed by atoms with Gasteiger partial charge in [0.1, 0.15) is 0 Å². The Morgan fingerprint density at radius 1 is 1.53 bits per heavy atom. The number of hydrogen-bond acceptors (Lipinski definition) is 3. The summed E-state index contributed by atoms with van der Waals surface area (Å²) < 4.78 is 0. The molecular formula is C14H19NO3S. The molecule has 2 rings (SSSR count). The molecule has 104 valence electrons. The number of carbonyl (C=O) groups excluding carboxylic acids is 1. The molecule has 1 heterocycles. The molecule has 1 aromatic heterocycles. The Balaban J connectivity index is 1.94. The van der Waals surface area contributed by atoms with Gasteiger partial charge in [-0.2, -0.15) is 0 Å². The van der Waals surface area contributed by atoms with Crippen molar-refractivity contribution < 1.29 is 14.7 Å². The number of rotatable bonds is 6. The maximum absolute atomic E-state index is 12.3. The number of carboxylic acids is 1. The fourth-order valence-electron chi connectivity index (χ4n) is 2.41. The van der Waals surface area contributed by atoms with Crippen LogP contribution in [0.25, 0.3) is 0 Å². The van der Waals surface area contributed by atoms with Crippen LogP contribution in [0.5, 0.6) is 0 Å². The topological polar surface area (TPSA) is 57.6 Å². The van der Waals surface area contributed by atoms with E-state index in [1.165, 1.54) is 10.4 Å². The van der Waals surface area contributed by atoms with Crippen LogP contribution in [0.3, 0.4) is 0 Å². The third kappa shape index (κ3) is 3.15. The molecule has 1 N–H and O–H groups in total. The number of hydrogen-bond donors (Lipinski definition) is 1. The first-order chi connectivity index (χ1) is 9.04. The molecule has 0 radical (unpaired) electrons. The summed E-state index contributed by atoms with van der Waals surface area (Å²) in [6, 6.07) is 2.09. The van der Waals surface area contributed by atoms with Crippen molar-refractivity contribution in [3.05, 3.63) is 21.9 Å². The Morgan fingerprint density at radius 2 is 2.26 bits per heavy atom. The highest BCUT2D eigenvalue weighted by Gasteiger charge is 2.46. The fourth-order valence-corrected chi connectivity index (χ4v) is 3.52. The lowest BCUT2D eigenvalue weighted by Crippen LogP contribution is -2.34. The summed E-state index contributed by atoms with van der Waals surface area (Å²) in [5, 5.41) is 10.8. The van der Waals surface area contributed by atoms with Gasteiger partial charge in [-0.05, 0) is 37.3 Å². The number of amides is 1. The zero-order chi connectivity index (χ0) is 14.0. The number of aryl methyl sites for hydroxylation is 1. The van der Waals surface area contributed by atoms with Gasteiger partial charge in [-0.25, -0.2) is 0 Å². The normalized spacial score (nSPS) is 21.2. The van der Waals surface area contributed by atoms with Gasteiger partial charge in [0, 0.05) is 29.8 Å². The van der Waals surface area contributed by atoms with E-state index in [-0.39, 0.29) is 18.2 Å². The molecular weight excluding hydrogens is 262 g/mol. The van der Waals surface area contributed by atoms with Gasteiger partial charge in [0.25, 0.3) is 0 Å². The van der Waals surface area contributed by atoms with Crippen LogP contribution >= 0.6 is 11.3 Å². The molecule has 0 spiro atoms. The van der Waals surface area contributed by atoms with Crippen molar-refractivity contribution in [2.24, 2.45) is 5.92 Å². The lowest BCUT2D eigenvalue weighted by molar-refractivity contribution is -0.138. The summed E-state index contributed by atoms with van der Waals surface area (Å²) in [6.45, 7) is 4.87. The summed E-state index contributed by atoms with van der Waals surface area (Å²) >= 11 is 1.71. The summed E-state index contributed by atoms with van der Waals surface area (Å²) in [5.74, 6) is -0.327. The van der Waals surface area contributed by atoms with Crippen LogP contribution < -0.4 is 0 Å². The molecule has 0 unspecified atom stereocenters. The van der Waals surface area contributed by atoms with E-state index in [1.807, 2.05) is 6.92 Å². The smallest absolute Gasteiger partial charge is 0.305 e. The van der Waals surface area contributed by atoms with Gasteiger partial charge in [-0.15, -0.1) is 11.3 Å². The average Bonchev–Trinajstić information content (AvgIpc) is 3.05. The van der Waals surface area contributed by atoms with Crippen LogP contribution in [0, 0.1) is 12.8 Å². The Bertz CT molecular complexity index is 483. The first-order valence-corrected chi connectivity index (χ1v) is 7.47. The molecule has 5 heteroatoms. The van der Waals surface area contributed by atoms with E-state index in [9.17, 15) is 9.59 Å². The Morgan fingerprint density at radius 3 is 2.79 bits per heavy atom. The molecule has 1 aliphatic carbocycles. The molecule has 1 saturated carbocycles. The highest BCUT2D eigenvalue weighted by atomic mass is 32.1. The Labute approximate surface area is 117 Å². The van der Waals surface area contributed by atoms with Crippen LogP contribution in [0.4, 0.5) is 0 Å². The summed E-state index contributed by atoms with van der Waals surface area (Å²) in [6.07, 6.45) is 0.929. The molecule has 1 fully saturated rings. The third-order valence-electron chi connectivity index (χ3n) is 3.64. The first kappa shape index (κ1) is 14.1. The van der Waals surface area contributed by atoms with Gasteiger partial charge in [0.2, 0.25) is 5.91 Å². The van der Waals surface area contributed by atoms with Crippen molar-refractivity contribution in [2.75, 3.05) is 13.1 Å². The van der Waals surface area contributed by atoms with E-state index >= 15 is 0 Å². The van der Waals surface area contributed by atoms with Crippen molar-refractivity contribution in [1.82, 2.24) is 4.90 Å². The molecule has 1 amide bonds. The lowest BCUT2D eigenvalue weighted by atomic mass is 10.2. The summed E-state index contributed by atoms with van der Waals surface area (Å²) in [5.41, 5.74) is 1.26. The van der Waals surface area contributed by atoms with E-state index in [2.05, 4.69) is 18.4 Å². The largest absolute Gasteiger partial charge is 0.481 e. The van der Waals surface area contributed by atoms with Gasteiger partial charge in [0.05, 0.1) is 6.42 Å². The van der Waals surface area contributed by atoms with Crippen LogP contribution in [0.2, 0.25) is 0 Å². The molecule has 0 saturated heterocycles. The van der Waals surface area contributed by atoms with E-state index in [0.717, 1.165) is 6.42 Å². The fraction of sp³-hybridized carbons (Fsp3) is 0.571. The molecule has 0 aliphatic heterocycles. The summed E-state index contributed by atoms with van der Waals surface area (Å²) in [4.78, 5) is 25.9. The van der Waals surface area contributed by atoms with Crippen molar-refractivity contribution in [3.8, 4) is 0 Å². The van der Waals surface area contributed by atoms with Crippen LogP contribution in [-0.4, -0.2) is 35.0 Å². The quantitative estimate of drug-likeness (QED) is 0.871. The van der Waals surface area contributed by atoms with Gasteiger partial charge in [-0.3, -0.25) is 9.59 Å². The standard InChI is InChI=1S/C14H19NO3S/c1-3-15(6-4-12(16)17)14(18)11-8-10(11)13-9(2)5-7-19-13/h5,7,10-11H,3-4,6,8H2,1-2H3,(H,16,17)/t10-,11-/m0/s1. The summed E-state index contributed by atoms with van der Waals surface area (Å²) in [7, 11) is 0. The van der Waals surface area contributed by atoms with Crippen molar-refractivity contribution >= 4 is 23.2 Å². The number of carboxylic acid groups (broad SMARTS) is 1. The second-order valence-electron chi connectivity index (χ2n) is 4.98. The Kier molecular flexibility index (Phi) is 4.24. The molecule has 19 heavy (non-hydrogen) atoms. The Hall–Kier alpha value is -1.36.